The number of rotatable bonds is 3. The Labute approximate surface area is 126 Å². The number of carbonyl (C=O) groups is 2. The van der Waals surface area contributed by atoms with Gasteiger partial charge in [-0.2, -0.15) is 0 Å². The molecule has 21 heavy (non-hydrogen) atoms. The lowest BCUT2D eigenvalue weighted by Gasteiger charge is -2.34. The molecule has 0 bridgehead atoms. The first kappa shape index (κ1) is 15.9. The molecule has 1 N–H and O–H groups in total. The molecular formula is C12H15NO6S2. The number of sulfone groups is 1. The fourth-order valence-electron chi connectivity index (χ4n) is 2.06. The second-order valence-corrected chi connectivity index (χ2v) is 8.06. The van der Waals surface area contributed by atoms with Gasteiger partial charge in [0.25, 0.3) is 5.91 Å². The lowest BCUT2D eigenvalue weighted by molar-refractivity contribution is -0.160. The molecule has 9 heteroatoms. The highest BCUT2D eigenvalue weighted by Gasteiger charge is 2.33. The molecule has 1 aliphatic rings. The predicted octanol–water partition coefficient (Wildman–Crippen LogP) is 0.466. The van der Waals surface area contributed by atoms with Crippen molar-refractivity contribution in [3.8, 4) is 0 Å². The van der Waals surface area contributed by atoms with Gasteiger partial charge in [0, 0.05) is 18.2 Å². The van der Waals surface area contributed by atoms with E-state index in [2.05, 4.69) is 0 Å². The molecule has 0 saturated carbocycles. The first-order valence-corrected chi connectivity index (χ1v) is 8.91. The molecule has 116 valence electrons. The van der Waals surface area contributed by atoms with Crippen molar-refractivity contribution >= 4 is 33.1 Å². The molecule has 2 heterocycles. The van der Waals surface area contributed by atoms with E-state index in [9.17, 15) is 18.0 Å². The number of carboxylic acid groups (broad SMARTS) is 1. The molecule has 1 unspecified atom stereocenters. The average molecular weight is 333 g/mol. The zero-order valence-electron chi connectivity index (χ0n) is 11.5. The van der Waals surface area contributed by atoms with Crippen LogP contribution in [-0.2, 0) is 19.4 Å². The minimum absolute atomic E-state index is 0.0530. The number of thiophene rings is 1. The molecule has 0 spiro atoms. The highest BCUT2D eigenvalue weighted by atomic mass is 32.2. The second-order valence-electron chi connectivity index (χ2n) is 4.91. The summed E-state index contributed by atoms with van der Waals surface area (Å²) >= 11 is 0.974. The lowest BCUT2D eigenvalue weighted by atomic mass is 10.2. The minimum Gasteiger partial charge on any atom is -0.479 e. The molecule has 1 aromatic rings. The van der Waals surface area contributed by atoms with Crippen LogP contribution in [0.3, 0.4) is 0 Å². The summed E-state index contributed by atoms with van der Waals surface area (Å²) in [6.07, 6.45) is -0.382. The van der Waals surface area contributed by atoms with Crippen molar-refractivity contribution in [3.05, 3.63) is 17.0 Å². The number of ether oxygens (including phenoxy) is 1. The summed E-state index contributed by atoms with van der Waals surface area (Å²) in [5, 5.41) is 10.5. The highest BCUT2D eigenvalue weighted by Crippen LogP contribution is 2.22. The van der Waals surface area contributed by atoms with Crippen LogP contribution in [0.15, 0.2) is 15.7 Å². The van der Waals surface area contributed by atoms with Crippen LogP contribution in [0.2, 0.25) is 0 Å². The van der Waals surface area contributed by atoms with Gasteiger partial charge in [-0.25, -0.2) is 13.2 Å². The van der Waals surface area contributed by atoms with Crippen molar-refractivity contribution in [3.63, 3.8) is 0 Å². The summed E-state index contributed by atoms with van der Waals surface area (Å²) in [7, 11) is -3.35. The number of nitrogens with zero attached hydrogens (tertiary/aromatic N) is 1. The zero-order chi connectivity index (χ0) is 15.8. The maximum Gasteiger partial charge on any atom is 0.334 e. The molecule has 0 aliphatic carbocycles. The molecule has 0 aromatic carbocycles. The van der Waals surface area contributed by atoms with Crippen LogP contribution in [0.4, 0.5) is 0 Å². The Kier molecular flexibility index (Phi) is 4.35. The van der Waals surface area contributed by atoms with Gasteiger partial charge in [0.05, 0.1) is 18.2 Å². The van der Waals surface area contributed by atoms with Gasteiger partial charge in [0.1, 0.15) is 4.21 Å². The van der Waals surface area contributed by atoms with Crippen molar-refractivity contribution in [2.24, 2.45) is 0 Å². The van der Waals surface area contributed by atoms with Gasteiger partial charge in [-0.1, -0.05) is 0 Å². The fourth-order valence-corrected chi connectivity index (χ4v) is 3.85. The Hall–Kier alpha value is -1.45. The SMILES string of the molecule is C[C@@H]1CN(C(=O)c2csc(S(C)(=O)=O)c2)CC(C(=O)O)O1. The van der Waals surface area contributed by atoms with Crippen LogP contribution in [0.25, 0.3) is 0 Å². The minimum atomic E-state index is -3.35. The third-order valence-corrected chi connectivity index (χ3v) is 5.78. The topological polar surface area (TPSA) is 101 Å². The summed E-state index contributed by atoms with van der Waals surface area (Å²) in [5.41, 5.74) is 0.249. The predicted molar refractivity (Wildman–Crippen MR) is 75.3 cm³/mol. The maximum atomic E-state index is 12.3. The van der Waals surface area contributed by atoms with Gasteiger partial charge in [0.15, 0.2) is 15.9 Å². The summed E-state index contributed by atoms with van der Waals surface area (Å²) < 4.78 is 28.2. The first-order chi connectivity index (χ1) is 9.68. The molecule has 2 rings (SSSR count). The number of hydrogen-bond donors (Lipinski definition) is 1. The third kappa shape index (κ3) is 3.60. The van der Waals surface area contributed by atoms with E-state index in [0.717, 1.165) is 17.6 Å². The summed E-state index contributed by atoms with van der Waals surface area (Å²) in [5.74, 6) is -1.51. The van der Waals surface area contributed by atoms with Crippen LogP contribution >= 0.6 is 11.3 Å². The van der Waals surface area contributed by atoms with E-state index in [1.807, 2.05) is 0 Å². The molecule has 1 amide bonds. The normalized spacial score (nSPS) is 23.0. The molecule has 2 atom stereocenters. The number of aliphatic carboxylic acids is 1. The molecular weight excluding hydrogens is 318 g/mol. The van der Waals surface area contributed by atoms with Crippen LogP contribution in [-0.4, -0.2) is 61.9 Å². The van der Waals surface area contributed by atoms with Gasteiger partial charge in [-0.15, -0.1) is 11.3 Å². The van der Waals surface area contributed by atoms with Crippen molar-refractivity contribution in [1.82, 2.24) is 4.90 Å². The Morgan fingerprint density at radius 2 is 2.10 bits per heavy atom. The van der Waals surface area contributed by atoms with Gasteiger partial charge < -0.3 is 14.7 Å². The highest BCUT2D eigenvalue weighted by molar-refractivity contribution is 7.92. The molecule has 0 radical (unpaired) electrons. The van der Waals surface area contributed by atoms with Crippen LogP contribution in [0.5, 0.6) is 0 Å². The van der Waals surface area contributed by atoms with Gasteiger partial charge in [-0.05, 0) is 13.0 Å². The van der Waals surface area contributed by atoms with E-state index >= 15 is 0 Å². The van der Waals surface area contributed by atoms with Crippen molar-refractivity contribution in [2.45, 2.75) is 23.3 Å². The van der Waals surface area contributed by atoms with Gasteiger partial charge in [0.2, 0.25) is 0 Å². The van der Waals surface area contributed by atoms with Crippen LogP contribution in [0.1, 0.15) is 17.3 Å². The number of hydrogen-bond acceptors (Lipinski definition) is 6. The number of amides is 1. The molecule has 7 nitrogen and oxygen atoms in total. The number of morpholine rings is 1. The third-order valence-electron chi connectivity index (χ3n) is 3.01. The van der Waals surface area contributed by atoms with E-state index in [4.69, 9.17) is 9.84 Å². The van der Waals surface area contributed by atoms with Crippen molar-refractivity contribution < 1.29 is 27.9 Å². The van der Waals surface area contributed by atoms with Crippen LogP contribution < -0.4 is 0 Å². The number of carbonyl (C=O) groups excluding carboxylic acids is 1. The standard InChI is InChI=1S/C12H15NO6S2/c1-7-4-13(5-9(19-7)12(15)16)11(14)8-3-10(20-6-8)21(2,17)18/h3,6-7,9H,4-5H2,1-2H3,(H,15,16)/t7-,9?/m1/s1. The quantitative estimate of drug-likeness (QED) is 0.863. The largest absolute Gasteiger partial charge is 0.479 e. The Morgan fingerprint density at radius 1 is 1.43 bits per heavy atom. The monoisotopic (exact) mass is 333 g/mol. The lowest BCUT2D eigenvalue weighted by Crippen LogP contribution is -2.51. The molecule has 1 saturated heterocycles. The van der Waals surface area contributed by atoms with Gasteiger partial charge >= 0.3 is 5.97 Å². The van der Waals surface area contributed by atoms with E-state index in [-0.39, 0.29) is 28.8 Å². The van der Waals surface area contributed by atoms with E-state index in [0.29, 0.717) is 0 Å². The molecule has 1 fully saturated rings. The Bertz CT molecular complexity index is 665. The first-order valence-electron chi connectivity index (χ1n) is 6.14. The maximum absolute atomic E-state index is 12.3. The van der Waals surface area contributed by atoms with Gasteiger partial charge in [-0.3, -0.25) is 4.79 Å². The van der Waals surface area contributed by atoms with E-state index in [1.54, 1.807) is 6.92 Å². The van der Waals surface area contributed by atoms with Crippen LogP contribution in [0, 0.1) is 0 Å². The number of carboxylic acids is 1. The molecule has 1 aliphatic heterocycles. The second kappa shape index (κ2) is 5.74. The smallest absolute Gasteiger partial charge is 0.334 e. The summed E-state index contributed by atoms with van der Waals surface area (Å²) in [6, 6.07) is 1.32. The summed E-state index contributed by atoms with van der Waals surface area (Å²) in [6.45, 7) is 1.90. The Morgan fingerprint density at radius 3 is 2.62 bits per heavy atom. The van der Waals surface area contributed by atoms with Crippen molar-refractivity contribution in [2.75, 3.05) is 19.3 Å². The zero-order valence-corrected chi connectivity index (χ0v) is 13.1. The van der Waals surface area contributed by atoms with Crippen molar-refractivity contribution in [1.29, 1.82) is 0 Å². The molecule has 1 aromatic heterocycles. The van der Waals surface area contributed by atoms with E-state index < -0.39 is 28.0 Å². The fraction of sp³-hybridized carbons (Fsp3) is 0.500. The van der Waals surface area contributed by atoms with E-state index in [1.165, 1.54) is 16.3 Å². The summed E-state index contributed by atoms with van der Waals surface area (Å²) in [4.78, 5) is 24.7. The Balaban J connectivity index is 2.19. The average Bonchev–Trinajstić information content (AvgIpc) is 2.86.